The van der Waals surface area contributed by atoms with Gasteiger partial charge >= 0.3 is 6.09 Å². The standard InChI is InChI=1S/C21H24F2N2O3/c1-13(25-9-8-18(28-21(25)27)11-17(26)12-24)14-2-4-15(5-3-14)19-7-6-16(22)10-20(19)23/h2-7,10,13,17-18,26H,8-9,11-12,24H2,1H3. The van der Waals surface area contributed by atoms with E-state index >= 15 is 0 Å². The largest absolute Gasteiger partial charge is 0.446 e. The molecule has 0 saturated carbocycles. The minimum absolute atomic E-state index is 0.134. The minimum Gasteiger partial charge on any atom is -0.446 e. The lowest BCUT2D eigenvalue weighted by molar-refractivity contribution is -0.00717. The summed E-state index contributed by atoms with van der Waals surface area (Å²) in [5, 5.41) is 9.63. The van der Waals surface area contributed by atoms with Crippen molar-refractivity contribution in [2.45, 2.75) is 38.0 Å². The van der Waals surface area contributed by atoms with Crippen molar-refractivity contribution in [2.24, 2.45) is 5.73 Å². The van der Waals surface area contributed by atoms with Crippen molar-refractivity contribution in [3.63, 3.8) is 0 Å². The van der Waals surface area contributed by atoms with E-state index in [9.17, 15) is 18.7 Å². The Bertz CT molecular complexity index is 829. The van der Waals surface area contributed by atoms with Gasteiger partial charge in [-0.15, -0.1) is 0 Å². The number of carbonyl (C=O) groups excluding carboxylic acids is 1. The van der Waals surface area contributed by atoms with Crippen molar-refractivity contribution < 1.29 is 23.4 Å². The van der Waals surface area contributed by atoms with Gasteiger partial charge < -0.3 is 20.5 Å². The third-order valence-electron chi connectivity index (χ3n) is 5.10. The molecule has 2 aromatic carbocycles. The Balaban J connectivity index is 1.68. The molecule has 7 heteroatoms. The fourth-order valence-corrected chi connectivity index (χ4v) is 3.41. The minimum atomic E-state index is -0.679. The molecule has 1 amide bonds. The van der Waals surface area contributed by atoms with Gasteiger partial charge in [0.1, 0.15) is 17.7 Å². The van der Waals surface area contributed by atoms with E-state index < -0.39 is 23.8 Å². The molecule has 5 nitrogen and oxygen atoms in total. The first-order valence-corrected chi connectivity index (χ1v) is 9.29. The summed E-state index contributed by atoms with van der Waals surface area (Å²) < 4.78 is 32.5. The zero-order valence-electron chi connectivity index (χ0n) is 15.6. The molecule has 0 aromatic heterocycles. The van der Waals surface area contributed by atoms with Crippen molar-refractivity contribution in [2.75, 3.05) is 13.1 Å². The summed E-state index contributed by atoms with van der Waals surface area (Å²) >= 11 is 0. The van der Waals surface area contributed by atoms with Gasteiger partial charge in [0.15, 0.2) is 0 Å². The number of aliphatic hydroxyl groups is 1. The number of cyclic esters (lactones) is 1. The lowest BCUT2D eigenvalue weighted by Crippen LogP contribution is -2.44. The van der Waals surface area contributed by atoms with Crippen LogP contribution in [0.25, 0.3) is 11.1 Å². The van der Waals surface area contributed by atoms with Gasteiger partial charge in [-0.25, -0.2) is 13.6 Å². The van der Waals surface area contributed by atoms with Gasteiger partial charge in [-0.2, -0.15) is 0 Å². The highest BCUT2D eigenvalue weighted by atomic mass is 19.1. The molecule has 3 atom stereocenters. The van der Waals surface area contributed by atoms with Crippen molar-refractivity contribution in [3.05, 3.63) is 59.7 Å². The van der Waals surface area contributed by atoms with Gasteiger partial charge in [0.2, 0.25) is 0 Å². The normalized spacial score (nSPS) is 19.2. The molecule has 1 aliphatic rings. The number of halogens is 2. The summed E-state index contributed by atoms with van der Waals surface area (Å²) in [6.45, 7) is 2.54. The Morgan fingerprint density at radius 1 is 1.25 bits per heavy atom. The van der Waals surface area contributed by atoms with E-state index in [2.05, 4.69) is 0 Å². The first-order valence-electron chi connectivity index (χ1n) is 9.29. The number of ether oxygens (including phenoxy) is 1. The van der Waals surface area contributed by atoms with E-state index in [-0.39, 0.29) is 18.7 Å². The van der Waals surface area contributed by atoms with E-state index in [1.54, 1.807) is 17.0 Å². The van der Waals surface area contributed by atoms with Crippen molar-refractivity contribution in [3.8, 4) is 11.1 Å². The van der Waals surface area contributed by atoms with Gasteiger partial charge in [0, 0.05) is 37.6 Å². The summed E-state index contributed by atoms with van der Waals surface area (Å²) in [6, 6.07) is 10.4. The highest BCUT2D eigenvalue weighted by Crippen LogP contribution is 2.29. The molecule has 3 unspecified atom stereocenters. The SMILES string of the molecule is CC(c1ccc(-c2ccc(F)cc2F)cc1)N1CCC(CC(O)CN)OC1=O. The van der Waals surface area contributed by atoms with Gasteiger partial charge in [0.05, 0.1) is 12.1 Å². The first kappa shape index (κ1) is 20.2. The molecule has 0 radical (unpaired) electrons. The van der Waals surface area contributed by atoms with Crippen LogP contribution in [0.15, 0.2) is 42.5 Å². The maximum atomic E-state index is 14.0. The summed E-state index contributed by atoms with van der Waals surface area (Å²) in [6.07, 6.45) is -0.491. The van der Waals surface area contributed by atoms with Gasteiger partial charge in [-0.3, -0.25) is 0 Å². The second-order valence-corrected chi connectivity index (χ2v) is 7.04. The Labute approximate surface area is 162 Å². The molecule has 0 spiro atoms. The predicted octanol–water partition coefficient (Wildman–Crippen LogP) is 3.61. The molecular formula is C21H24F2N2O3. The number of amides is 1. The van der Waals surface area contributed by atoms with Crippen LogP contribution in [0.1, 0.15) is 31.4 Å². The van der Waals surface area contributed by atoms with Crippen LogP contribution in [-0.2, 0) is 4.74 Å². The van der Waals surface area contributed by atoms with E-state index in [0.717, 1.165) is 11.6 Å². The van der Waals surface area contributed by atoms with Crippen LogP contribution in [0.4, 0.5) is 13.6 Å². The average molecular weight is 390 g/mol. The van der Waals surface area contributed by atoms with Crippen LogP contribution in [-0.4, -0.2) is 41.4 Å². The van der Waals surface area contributed by atoms with Gasteiger partial charge in [0.25, 0.3) is 0 Å². The molecule has 1 saturated heterocycles. The molecule has 1 fully saturated rings. The molecule has 150 valence electrons. The molecule has 0 aliphatic carbocycles. The number of nitrogens with two attached hydrogens (primary N) is 1. The second-order valence-electron chi connectivity index (χ2n) is 7.04. The highest BCUT2D eigenvalue weighted by Gasteiger charge is 2.31. The smallest absolute Gasteiger partial charge is 0.410 e. The Kier molecular flexibility index (Phi) is 6.26. The summed E-state index contributed by atoms with van der Waals surface area (Å²) in [4.78, 5) is 14.0. The third-order valence-corrected chi connectivity index (χ3v) is 5.10. The summed E-state index contributed by atoms with van der Waals surface area (Å²) in [5.41, 5.74) is 7.23. The molecule has 1 heterocycles. The number of aliphatic hydroxyl groups excluding tert-OH is 1. The second kappa shape index (κ2) is 8.67. The topological polar surface area (TPSA) is 75.8 Å². The molecular weight excluding hydrogens is 366 g/mol. The van der Waals surface area contributed by atoms with Crippen LogP contribution < -0.4 is 5.73 Å². The monoisotopic (exact) mass is 390 g/mol. The molecule has 1 aliphatic heterocycles. The Morgan fingerprint density at radius 2 is 1.96 bits per heavy atom. The first-order chi connectivity index (χ1) is 13.4. The Morgan fingerprint density at radius 3 is 2.57 bits per heavy atom. The van der Waals surface area contributed by atoms with E-state index in [0.29, 0.717) is 30.5 Å². The molecule has 28 heavy (non-hydrogen) atoms. The van der Waals surface area contributed by atoms with E-state index in [1.165, 1.54) is 12.1 Å². The number of rotatable bonds is 6. The van der Waals surface area contributed by atoms with Crippen molar-refractivity contribution in [1.82, 2.24) is 4.90 Å². The number of benzene rings is 2. The molecule has 2 aromatic rings. The highest BCUT2D eigenvalue weighted by molar-refractivity contribution is 5.69. The molecule has 3 rings (SSSR count). The predicted molar refractivity (Wildman–Crippen MR) is 101 cm³/mol. The Hall–Kier alpha value is -2.51. The summed E-state index contributed by atoms with van der Waals surface area (Å²) in [7, 11) is 0. The number of carbonyl (C=O) groups is 1. The van der Waals surface area contributed by atoms with Crippen LogP contribution in [0, 0.1) is 11.6 Å². The van der Waals surface area contributed by atoms with Crippen LogP contribution in [0.2, 0.25) is 0 Å². The quantitative estimate of drug-likeness (QED) is 0.790. The molecule has 3 N–H and O–H groups in total. The lowest BCUT2D eigenvalue weighted by atomic mass is 9.99. The van der Waals surface area contributed by atoms with E-state index in [1.807, 2.05) is 19.1 Å². The fourth-order valence-electron chi connectivity index (χ4n) is 3.41. The third kappa shape index (κ3) is 4.48. The number of hydrogen-bond acceptors (Lipinski definition) is 4. The zero-order chi connectivity index (χ0) is 20.3. The van der Waals surface area contributed by atoms with E-state index in [4.69, 9.17) is 10.5 Å². The van der Waals surface area contributed by atoms with Gasteiger partial charge in [-0.1, -0.05) is 24.3 Å². The average Bonchev–Trinajstić information content (AvgIpc) is 2.68. The van der Waals surface area contributed by atoms with Gasteiger partial charge in [-0.05, 0) is 30.2 Å². The van der Waals surface area contributed by atoms with Crippen LogP contribution in [0.5, 0.6) is 0 Å². The lowest BCUT2D eigenvalue weighted by Gasteiger charge is -2.36. The van der Waals surface area contributed by atoms with Crippen molar-refractivity contribution in [1.29, 1.82) is 0 Å². The van der Waals surface area contributed by atoms with Crippen molar-refractivity contribution >= 4 is 6.09 Å². The zero-order valence-corrected chi connectivity index (χ0v) is 15.6. The maximum Gasteiger partial charge on any atom is 0.410 e. The molecule has 0 bridgehead atoms. The fraction of sp³-hybridized carbons (Fsp3) is 0.381. The maximum absolute atomic E-state index is 14.0. The van der Waals surface area contributed by atoms with Crippen LogP contribution in [0.3, 0.4) is 0 Å². The van der Waals surface area contributed by atoms with Crippen LogP contribution >= 0.6 is 0 Å². The number of hydrogen-bond donors (Lipinski definition) is 2. The number of nitrogens with zero attached hydrogens (tertiary/aromatic N) is 1. The summed E-state index contributed by atoms with van der Waals surface area (Å²) in [5.74, 6) is -1.24.